The molecule has 3 fully saturated rings. The van der Waals surface area contributed by atoms with Crippen LogP contribution in [0.25, 0.3) is 32.8 Å². The van der Waals surface area contributed by atoms with Crippen LogP contribution in [0.4, 0.5) is 10.2 Å². The van der Waals surface area contributed by atoms with Crippen molar-refractivity contribution in [1.82, 2.24) is 20.2 Å². The maximum atomic E-state index is 16.6. The molecule has 0 radical (unpaired) electrons. The van der Waals surface area contributed by atoms with Gasteiger partial charge in [0.25, 0.3) is 0 Å². The highest BCUT2D eigenvalue weighted by atomic mass is 35.5. The smallest absolute Gasteiger partial charge is 0.319 e. The van der Waals surface area contributed by atoms with Gasteiger partial charge in [0.2, 0.25) is 0 Å². The molecule has 0 spiro atoms. The molecule has 214 valence electrons. The number of piperazine rings is 1. The summed E-state index contributed by atoms with van der Waals surface area (Å²) in [7, 11) is 0. The minimum absolute atomic E-state index is 0.0478. The Bertz CT molecular complexity index is 1580. The van der Waals surface area contributed by atoms with Crippen LogP contribution in [0.1, 0.15) is 38.5 Å². The van der Waals surface area contributed by atoms with Crippen LogP contribution < -0.4 is 15.0 Å². The lowest BCUT2D eigenvalue weighted by atomic mass is 9.96. The number of aromatic nitrogens is 2. The summed E-state index contributed by atoms with van der Waals surface area (Å²) in [6.45, 7) is 5.29. The van der Waals surface area contributed by atoms with Crippen LogP contribution in [0.5, 0.6) is 11.8 Å². The summed E-state index contributed by atoms with van der Waals surface area (Å²) < 4.78 is 22.7. The Kier molecular flexibility index (Phi) is 7.31. The fraction of sp³-hybridized carbons (Fsp3) is 0.438. The average molecular weight is 576 g/mol. The number of anilines is 1. The Labute approximate surface area is 244 Å². The summed E-state index contributed by atoms with van der Waals surface area (Å²) in [6.07, 6.45) is 6.91. The lowest BCUT2D eigenvalue weighted by Crippen LogP contribution is -2.51. The number of benzene rings is 3. The Morgan fingerprint density at radius 1 is 1.00 bits per heavy atom. The third-order valence-electron chi connectivity index (χ3n) is 8.77. The van der Waals surface area contributed by atoms with E-state index >= 15 is 4.39 Å². The van der Waals surface area contributed by atoms with E-state index in [-0.39, 0.29) is 27.9 Å². The molecule has 0 saturated carbocycles. The molecular weight excluding hydrogens is 541 g/mol. The van der Waals surface area contributed by atoms with Gasteiger partial charge in [-0.1, -0.05) is 42.3 Å². The van der Waals surface area contributed by atoms with Crippen LogP contribution in [-0.4, -0.2) is 71.4 Å². The molecule has 2 N–H and O–H groups in total. The largest absolute Gasteiger partial charge is 0.508 e. The molecule has 3 aliphatic heterocycles. The van der Waals surface area contributed by atoms with Crippen molar-refractivity contribution in [3.05, 3.63) is 53.3 Å². The van der Waals surface area contributed by atoms with Crippen molar-refractivity contribution in [3.8, 4) is 22.9 Å². The van der Waals surface area contributed by atoms with E-state index in [1.54, 1.807) is 18.2 Å². The first-order valence-electron chi connectivity index (χ1n) is 14.8. The summed E-state index contributed by atoms with van der Waals surface area (Å²) in [5, 5.41) is 16.6. The van der Waals surface area contributed by atoms with Gasteiger partial charge in [-0.15, -0.1) is 0 Å². The number of piperidine rings is 1. The molecule has 2 atom stereocenters. The first kappa shape index (κ1) is 26.7. The van der Waals surface area contributed by atoms with Crippen LogP contribution in [0.15, 0.2) is 42.5 Å². The van der Waals surface area contributed by atoms with Gasteiger partial charge in [-0.2, -0.15) is 9.97 Å². The zero-order valence-electron chi connectivity index (χ0n) is 23.1. The van der Waals surface area contributed by atoms with E-state index in [0.717, 1.165) is 62.8 Å². The molecule has 9 heteroatoms. The molecule has 3 saturated heterocycles. The van der Waals surface area contributed by atoms with E-state index in [1.807, 2.05) is 24.3 Å². The summed E-state index contributed by atoms with van der Waals surface area (Å²) in [5.74, 6) is 0.169. The second-order valence-corrected chi connectivity index (χ2v) is 12.0. The van der Waals surface area contributed by atoms with Gasteiger partial charge in [0, 0.05) is 42.7 Å². The number of halogens is 2. The third kappa shape index (κ3) is 5.29. The Hall–Kier alpha value is -3.20. The Morgan fingerprint density at radius 2 is 1.78 bits per heavy atom. The van der Waals surface area contributed by atoms with E-state index in [9.17, 15) is 5.11 Å². The van der Waals surface area contributed by atoms with Crippen molar-refractivity contribution < 1.29 is 14.2 Å². The summed E-state index contributed by atoms with van der Waals surface area (Å²) in [5.41, 5.74) is 0.917. The molecule has 41 heavy (non-hydrogen) atoms. The van der Waals surface area contributed by atoms with Gasteiger partial charge in [0.1, 0.15) is 17.1 Å². The molecule has 7 nitrogen and oxygen atoms in total. The number of phenolic OH excluding ortho intramolecular Hbond substituents is 1. The van der Waals surface area contributed by atoms with Crippen LogP contribution in [0, 0.1) is 5.82 Å². The summed E-state index contributed by atoms with van der Waals surface area (Å²) >= 11 is 6.85. The van der Waals surface area contributed by atoms with Gasteiger partial charge in [-0.25, -0.2) is 4.39 Å². The minimum Gasteiger partial charge on any atom is -0.508 e. The number of nitrogens with zero attached hydrogens (tertiary/aromatic N) is 4. The van der Waals surface area contributed by atoms with E-state index in [0.29, 0.717) is 35.5 Å². The first-order chi connectivity index (χ1) is 20.0. The minimum atomic E-state index is -0.539. The molecule has 1 aromatic heterocycles. The number of nitrogens with one attached hydrogen (secondary N) is 1. The first-order valence-corrected chi connectivity index (χ1v) is 15.2. The number of ether oxygens (including phenoxy) is 1. The normalized spacial score (nSPS) is 21.2. The second kappa shape index (κ2) is 11.2. The molecular formula is C32H35ClFN5O2. The topological polar surface area (TPSA) is 73.8 Å². The number of fused-ring (bicyclic) bond motifs is 4. The fourth-order valence-electron chi connectivity index (χ4n) is 6.82. The van der Waals surface area contributed by atoms with Crippen molar-refractivity contribution in [2.75, 3.05) is 44.2 Å². The van der Waals surface area contributed by atoms with E-state index < -0.39 is 5.82 Å². The molecule has 7 rings (SSSR count). The number of aromatic hydroxyl groups is 1. The Balaban J connectivity index is 1.29. The number of phenols is 1. The zero-order chi connectivity index (χ0) is 27.9. The lowest BCUT2D eigenvalue weighted by Gasteiger charge is -2.34. The van der Waals surface area contributed by atoms with Gasteiger partial charge < -0.3 is 25.0 Å². The maximum absolute atomic E-state index is 16.6. The molecule has 2 unspecified atom stereocenters. The number of rotatable bonds is 7. The fourth-order valence-corrected chi connectivity index (χ4v) is 7.11. The highest BCUT2D eigenvalue weighted by Gasteiger charge is 2.34. The van der Waals surface area contributed by atoms with Crippen molar-refractivity contribution in [2.24, 2.45) is 0 Å². The lowest BCUT2D eigenvalue weighted by molar-refractivity contribution is 0.201. The monoisotopic (exact) mass is 575 g/mol. The zero-order valence-corrected chi connectivity index (χ0v) is 23.8. The third-order valence-corrected chi connectivity index (χ3v) is 9.07. The highest BCUT2D eigenvalue weighted by molar-refractivity contribution is 6.35. The van der Waals surface area contributed by atoms with Gasteiger partial charge in [0.15, 0.2) is 5.82 Å². The summed E-state index contributed by atoms with van der Waals surface area (Å²) in [6, 6.07) is 13.5. The number of hydrogen-bond acceptors (Lipinski definition) is 7. The number of likely N-dealkylation sites (tertiary alicyclic amines) is 1. The molecule has 3 aromatic carbocycles. The molecule has 3 aliphatic rings. The molecule has 4 aromatic rings. The molecule has 4 heterocycles. The predicted molar refractivity (Wildman–Crippen MR) is 162 cm³/mol. The molecule has 0 aliphatic carbocycles. The summed E-state index contributed by atoms with van der Waals surface area (Å²) in [4.78, 5) is 14.2. The van der Waals surface area contributed by atoms with E-state index in [1.165, 1.54) is 19.3 Å². The van der Waals surface area contributed by atoms with E-state index in [4.69, 9.17) is 21.3 Å². The SMILES string of the molecule is Oc1cc(-c2c(Cl)cc3c(N4CC5CCC(C4)N5)nc(OCCCN4CCCCC4)nc3c2F)c2ccccc2c1. The van der Waals surface area contributed by atoms with Crippen LogP contribution in [-0.2, 0) is 0 Å². The van der Waals surface area contributed by atoms with Crippen LogP contribution >= 0.6 is 11.6 Å². The van der Waals surface area contributed by atoms with Gasteiger partial charge >= 0.3 is 6.01 Å². The van der Waals surface area contributed by atoms with Gasteiger partial charge in [-0.3, -0.25) is 0 Å². The van der Waals surface area contributed by atoms with Crippen molar-refractivity contribution in [2.45, 2.75) is 50.6 Å². The standard InChI is InChI=1S/C32H35ClFN5O2/c33-27-17-26-30(29(34)28(27)25-16-23(40)15-20-7-2-3-8-24(20)25)36-32(41-14-6-13-38-11-4-1-5-12-38)37-31(26)39-18-21-9-10-22(19-39)35-21/h2-3,7-8,15-17,21-22,35,40H,1,4-6,9-14,18-19H2. The Morgan fingerprint density at radius 3 is 2.59 bits per heavy atom. The van der Waals surface area contributed by atoms with Crippen molar-refractivity contribution in [1.29, 1.82) is 0 Å². The number of hydrogen-bond donors (Lipinski definition) is 2. The van der Waals surface area contributed by atoms with Gasteiger partial charge in [0.05, 0.1) is 11.6 Å². The second-order valence-electron chi connectivity index (χ2n) is 11.6. The quantitative estimate of drug-likeness (QED) is 0.256. The molecule has 0 amide bonds. The van der Waals surface area contributed by atoms with Crippen molar-refractivity contribution in [3.63, 3.8) is 0 Å². The molecule has 2 bridgehead atoms. The van der Waals surface area contributed by atoms with Crippen LogP contribution in [0.3, 0.4) is 0 Å². The maximum Gasteiger partial charge on any atom is 0.319 e. The van der Waals surface area contributed by atoms with Crippen molar-refractivity contribution >= 4 is 39.1 Å². The predicted octanol–water partition coefficient (Wildman–Crippen LogP) is 6.14. The highest BCUT2D eigenvalue weighted by Crippen LogP contribution is 2.42. The van der Waals surface area contributed by atoms with Crippen LogP contribution in [0.2, 0.25) is 5.02 Å². The average Bonchev–Trinajstić information content (AvgIpc) is 3.32. The van der Waals surface area contributed by atoms with Gasteiger partial charge in [-0.05, 0) is 79.7 Å². The van der Waals surface area contributed by atoms with E-state index in [2.05, 4.69) is 20.1 Å².